The normalized spacial score (nSPS) is 27.6. The molecule has 0 saturated carbocycles. The number of aromatic nitrogens is 1. The molecule has 2 saturated heterocycles. The average Bonchev–Trinajstić information content (AvgIpc) is 3.03. The van der Waals surface area contributed by atoms with Crippen LogP contribution in [0.5, 0.6) is 0 Å². The molecule has 2 aliphatic rings. The standard InChI is InChI=1S/C14H18ClN3O2/c1-2-16-13-10(15)5-8(7-17-13)14(19)18-11-6-9-3-4-12(11)20-9/h5,7,9,11-12H,2-4,6H2,1H3,(H,16,17)(H,18,19). The van der Waals surface area contributed by atoms with Crippen LogP contribution in [0, 0.1) is 0 Å². The van der Waals surface area contributed by atoms with Crippen molar-refractivity contribution in [3.8, 4) is 0 Å². The van der Waals surface area contributed by atoms with Gasteiger partial charge in [0.1, 0.15) is 5.82 Å². The molecule has 0 aromatic carbocycles. The minimum atomic E-state index is -0.136. The lowest BCUT2D eigenvalue weighted by Gasteiger charge is -2.20. The summed E-state index contributed by atoms with van der Waals surface area (Å²) in [6.07, 6.45) is 5.10. The van der Waals surface area contributed by atoms with Crippen molar-refractivity contribution in [3.63, 3.8) is 0 Å². The molecule has 6 heteroatoms. The predicted octanol–water partition coefficient (Wildman–Crippen LogP) is 2.22. The Kier molecular flexibility index (Phi) is 3.81. The van der Waals surface area contributed by atoms with E-state index in [0.29, 0.717) is 22.5 Å². The van der Waals surface area contributed by atoms with Gasteiger partial charge in [-0.05, 0) is 32.3 Å². The van der Waals surface area contributed by atoms with Crippen molar-refractivity contribution in [1.29, 1.82) is 0 Å². The van der Waals surface area contributed by atoms with Crippen LogP contribution >= 0.6 is 11.6 Å². The number of fused-ring (bicyclic) bond motifs is 2. The lowest BCUT2D eigenvalue weighted by atomic mass is 9.95. The van der Waals surface area contributed by atoms with Gasteiger partial charge in [0, 0.05) is 12.7 Å². The summed E-state index contributed by atoms with van der Waals surface area (Å²) in [5, 5.41) is 6.53. The summed E-state index contributed by atoms with van der Waals surface area (Å²) in [5.74, 6) is 0.470. The fraction of sp³-hybridized carbons (Fsp3) is 0.571. The Morgan fingerprint density at radius 3 is 3.00 bits per heavy atom. The van der Waals surface area contributed by atoms with Gasteiger partial charge in [-0.3, -0.25) is 4.79 Å². The maximum absolute atomic E-state index is 12.2. The number of amides is 1. The first-order valence-electron chi connectivity index (χ1n) is 7.03. The van der Waals surface area contributed by atoms with E-state index in [2.05, 4.69) is 15.6 Å². The number of nitrogens with one attached hydrogen (secondary N) is 2. The fourth-order valence-corrected chi connectivity index (χ4v) is 3.13. The van der Waals surface area contributed by atoms with Crippen molar-refractivity contribution in [2.75, 3.05) is 11.9 Å². The van der Waals surface area contributed by atoms with Crippen LogP contribution in [0.2, 0.25) is 5.02 Å². The van der Waals surface area contributed by atoms with E-state index in [1.165, 1.54) is 0 Å². The Morgan fingerprint density at radius 2 is 2.40 bits per heavy atom. The van der Waals surface area contributed by atoms with Gasteiger partial charge in [-0.2, -0.15) is 0 Å². The van der Waals surface area contributed by atoms with E-state index in [-0.39, 0.29) is 18.1 Å². The van der Waals surface area contributed by atoms with E-state index in [4.69, 9.17) is 16.3 Å². The molecule has 3 heterocycles. The van der Waals surface area contributed by atoms with Crippen LogP contribution in [-0.4, -0.2) is 35.7 Å². The second-order valence-electron chi connectivity index (χ2n) is 5.27. The second kappa shape index (κ2) is 5.58. The van der Waals surface area contributed by atoms with Crippen LogP contribution in [-0.2, 0) is 4.74 Å². The number of hydrogen-bond acceptors (Lipinski definition) is 4. The maximum atomic E-state index is 12.2. The SMILES string of the molecule is CCNc1ncc(C(=O)NC2CC3CCC2O3)cc1Cl. The Morgan fingerprint density at radius 1 is 1.55 bits per heavy atom. The summed E-state index contributed by atoms with van der Waals surface area (Å²) in [6, 6.07) is 1.77. The smallest absolute Gasteiger partial charge is 0.253 e. The molecule has 2 fully saturated rings. The Hall–Kier alpha value is -1.33. The van der Waals surface area contributed by atoms with Crippen LogP contribution in [0.3, 0.4) is 0 Å². The zero-order chi connectivity index (χ0) is 14.1. The Labute approximate surface area is 123 Å². The molecule has 1 aromatic rings. The van der Waals surface area contributed by atoms with Crippen LogP contribution in [0.25, 0.3) is 0 Å². The Bertz CT molecular complexity index is 523. The van der Waals surface area contributed by atoms with Gasteiger partial charge >= 0.3 is 0 Å². The third-order valence-electron chi connectivity index (χ3n) is 3.87. The highest BCUT2D eigenvalue weighted by molar-refractivity contribution is 6.33. The van der Waals surface area contributed by atoms with Crippen molar-refractivity contribution in [2.45, 2.75) is 44.4 Å². The number of anilines is 1. The molecule has 1 aromatic heterocycles. The maximum Gasteiger partial charge on any atom is 0.253 e. The summed E-state index contributed by atoms with van der Waals surface area (Å²) in [7, 11) is 0. The first kappa shape index (κ1) is 13.6. The number of hydrogen-bond donors (Lipinski definition) is 2. The average molecular weight is 296 g/mol. The molecule has 2 N–H and O–H groups in total. The molecule has 108 valence electrons. The highest BCUT2D eigenvalue weighted by Gasteiger charge is 2.41. The molecule has 20 heavy (non-hydrogen) atoms. The first-order valence-corrected chi connectivity index (χ1v) is 7.41. The van der Waals surface area contributed by atoms with Gasteiger partial charge in [0.15, 0.2) is 0 Å². The van der Waals surface area contributed by atoms with E-state index in [0.717, 1.165) is 25.8 Å². The van der Waals surface area contributed by atoms with Gasteiger partial charge in [0.2, 0.25) is 0 Å². The van der Waals surface area contributed by atoms with E-state index in [1.807, 2.05) is 6.92 Å². The van der Waals surface area contributed by atoms with Gasteiger partial charge in [-0.25, -0.2) is 4.98 Å². The van der Waals surface area contributed by atoms with Gasteiger partial charge in [-0.1, -0.05) is 11.6 Å². The van der Waals surface area contributed by atoms with Gasteiger partial charge in [-0.15, -0.1) is 0 Å². The number of halogens is 1. The summed E-state index contributed by atoms with van der Waals surface area (Å²) >= 11 is 6.10. The molecule has 3 unspecified atom stereocenters. The highest BCUT2D eigenvalue weighted by Crippen LogP contribution is 2.34. The van der Waals surface area contributed by atoms with Crippen molar-refractivity contribution >= 4 is 23.3 Å². The van der Waals surface area contributed by atoms with Crippen molar-refractivity contribution in [3.05, 3.63) is 22.8 Å². The zero-order valence-corrected chi connectivity index (χ0v) is 12.1. The first-order chi connectivity index (χ1) is 9.67. The Balaban J connectivity index is 1.66. The molecule has 3 atom stereocenters. The highest BCUT2D eigenvalue weighted by atomic mass is 35.5. The van der Waals surface area contributed by atoms with E-state index in [9.17, 15) is 4.79 Å². The third-order valence-corrected chi connectivity index (χ3v) is 4.16. The fourth-order valence-electron chi connectivity index (χ4n) is 2.90. The molecular weight excluding hydrogens is 278 g/mol. The van der Waals surface area contributed by atoms with Gasteiger partial charge in [0.25, 0.3) is 5.91 Å². The topological polar surface area (TPSA) is 63.2 Å². The lowest BCUT2D eigenvalue weighted by molar-refractivity contribution is 0.0840. The summed E-state index contributed by atoms with van der Waals surface area (Å²) < 4.78 is 5.73. The van der Waals surface area contributed by atoms with Gasteiger partial charge < -0.3 is 15.4 Å². The van der Waals surface area contributed by atoms with Gasteiger partial charge in [0.05, 0.1) is 28.8 Å². The number of carbonyl (C=O) groups excluding carboxylic acids is 1. The minimum absolute atomic E-state index is 0.119. The zero-order valence-electron chi connectivity index (χ0n) is 11.4. The molecule has 0 aliphatic carbocycles. The molecular formula is C14H18ClN3O2. The number of carbonyl (C=O) groups is 1. The van der Waals surface area contributed by atoms with Crippen LogP contribution in [0.4, 0.5) is 5.82 Å². The third kappa shape index (κ3) is 2.60. The number of rotatable bonds is 4. The molecule has 1 amide bonds. The largest absolute Gasteiger partial charge is 0.373 e. The lowest BCUT2D eigenvalue weighted by Crippen LogP contribution is -2.41. The second-order valence-corrected chi connectivity index (χ2v) is 5.68. The molecule has 2 aliphatic heterocycles. The van der Waals surface area contributed by atoms with Crippen molar-refractivity contribution in [1.82, 2.24) is 10.3 Å². The monoisotopic (exact) mass is 295 g/mol. The van der Waals surface area contributed by atoms with Crippen molar-refractivity contribution in [2.24, 2.45) is 0 Å². The summed E-state index contributed by atoms with van der Waals surface area (Å²) in [5.41, 5.74) is 0.486. The summed E-state index contributed by atoms with van der Waals surface area (Å²) in [6.45, 7) is 2.70. The molecule has 0 spiro atoms. The van der Waals surface area contributed by atoms with E-state index in [1.54, 1.807) is 12.3 Å². The quantitative estimate of drug-likeness (QED) is 0.894. The van der Waals surface area contributed by atoms with E-state index < -0.39 is 0 Å². The molecule has 0 radical (unpaired) electrons. The molecule has 2 bridgehead atoms. The number of ether oxygens (including phenoxy) is 1. The number of nitrogens with zero attached hydrogens (tertiary/aromatic N) is 1. The predicted molar refractivity (Wildman–Crippen MR) is 77.2 cm³/mol. The molecule has 5 nitrogen and oxygen atoms in total. The van der Waals surface area contributed by atoms with Crippen LogP contribution < -0.4 is 10.6 Å². The van der Waals surface area contributed by atoms with E-state index >= 15 is 0 Å². The van der Waals surface area contributed by atoms with Crippen LogP contribution in [0.1, 0.15) is 36.5 Å². The van der Waals surface area contributed by atoms with Crippen LogP contribution in [0.15, 0.2) is 12.3 Å². The number of pyridine rings is 1. The minimum Gasteiger partial charge on any atom is -0.373 e. The summed E-state index contributed by atoms with van der Waals surface area (Å²) in [4.78, 5) is 16.4. The molecule has 3 rings (SSSR count). The van der Waals surface area contributed by atoms with Crippen molar-refractivity contribution < 1.29 is 9.53 Å².